The molecule has 3 rings (SSSR count). The first-order chi connectivity index (χ1) is 15.2. The Hall–Kier alpha value is -1.51. The van der Waals surface area contributed by atoms with Gasteiger partial charge in [-0.3, -0.25) is 4.79 Å². The minimum Gasteiger partial charge on any atom is -0.389 e. The van der Waals surface area contributed by atoms with Crippen LogP contribution in [-0.2, 0) is 19.0 Å². The van der Waals surface area contributed by atoms with E-state index < -0.39 is 6.10 Å². The lowest BCUT2D eigenvalue weighted by Gasteiger charge is -2.39. The summed E-state index contributed by atoms with van der Waals surface area (Å²) >= 11 is 0. The maximum absolute atomic E-state index is 12.0. The van der Waals surface area contributed by atoms with Gasteiger partial charge in [-0.15, -0.1) is 0 Å². The molecular formula is C25H40N2O5. The molecule has 0 aromatic rings. The van der Waals surface area contributed by atoms with Crippen molar-refractivity contribution in [1.29, 1.82) is 0 Å². The van der Waals surface area contributed by atoms with Crippen molar-refractivity contribution < 1.29 is 24.1 Å². The highest BCUT2D eigenvalue weighted by molar-refractivity contribution is 5.87. The number of amides is 1. The van der Waals surface area contributed by atoms with Crippen LogP contribution in [0.1, 0.15) is 53.4 Å². The van der Waals surface area contributed by atoms with E-state index in [0.717, 1.165) is 32.3 Å². The summed E-state index contributed by atoms with van der Waals surface area (Å²) in [6.45, 7) is 9.22. The smallest absolute Gasteiger partial charge is 0.244 e. The lowest BCUT2D eigenvalue weighted by atomic mass is 9.88. The third-order valence-electron chi connectivity index (χ3n) is 6.67. The van der Waals surface area contributed by atoms with Gasteiger partial charge in [0.15, 0.2) is 0 Å². The summed E-state index contributed by atoms with van der Waals surface area (Å²) in [5.74, 6) is 0.127. The number of rotatable bonds is 8. The first-order valence-electron chi connectivity index (χ1n) is 11.9. The van der Waals surface area contributed by atoms with Crippen LogP contribution >= 0.6 is 0 Å². The second-order valence-corrected chi connectivity index (χ2v) is 9.76. The number of carbonyl (C=O) groups excluding carboxylic acids is 1. The third-order valence-corrected chi connectivity index (χ3v) is 6.67. The number of aliphatic hydroxyl groups excluding tert-OH is 1. The van der Waals surface area contributed by atoms with E-state index in [1.807, 2.05) is 6.92 Å². The molecule has 0 aromatic carbocycles. The molecule has 32 heavy (non-hydrogen) atoms. The fourth-order valence-electron chi connectivity index (χ4n) is 4.60. The van der Waals surface area contributed by atoms with E-state index in [9.17, 15) is 9.90 Å². The van der Waals surface area contributed by atoms with Crippen LogP contribution in [0.5, 0.6) is 0 Å². The molecule has 0 aliphatic carbocycles. The predicted octanol–water partition coefficient (Wildman–Crippen LogP) is 2.39. The molecule has 3 saturated heterocycles. The van der Waals surface area contributed by atoms with Gasteiger partial charge in [-0.25, -0.2) is 0 Å². The minimum absolute atomic E-state index is 0.00544. The molecule has 0 radical (unpaired) electrons. The summed E-state index contributed by atoms with van der Waals surface area (Å²) in [6, 6.07) is -0.0340. The molecule has 4 N–H and O–H groups in total. The predicted molar refractivity (Wildman–Crippen MR) is 124 cm³/mol. The van der Waals surface area contributed by atoms with Crippen molar-refractivity contribution in [3.05, 3.63) is 36.0 Å². The van der Waals surface area contributed by atoms with E-state index in [4.69, 9.17) is 19.9 Å². The Kier molecular flexibility index (Phi) is 8.69. The van der Waals surface area contributed by atoms with Gasteiger partial charge in [-0.05, 0) is 39.5 Å². The Morgan fingerprint density at radius 3 is 2.69 bits per heavy atom. The SMILES string of the molecule is CC(/C=C/[C@@H]1C[C@]2(CO2)C[C@@H](CN)O1)=C\C[C@@H]1O[C@H](C)[C@H](NC(=O)/C=C\[C@H](C)O)C[C@@H]1C. The second-order valence-electron chi connectivity index (χ2n) is 9.76. The zero-order chi connectivity index (χ0) is 23.3. The molecule has 7 heteroatoms. The lowest BCUT2D eigenvalue weighted by molar-refractivity contribution is -0.123. The Balaban J connectivity index is 1.47. The molecule has 3 aliphatic heterocycles. The molecule has 0 aromatic heterocycles. The molecule has 8 atom stereocenters. The van der Waals surface area contributed by atoms with Gasteiger partial charge >= 0.3 is 0 Å². The highest BCUT2D eigenvalue weighted by Crippen LogP contribution is 2.42. The van der Waals surface area contributed by atoms with Crippen LogP contribution in [0, 0.1) is 5.92 Å². The van der Waals surface area contributed by atoms with Gasteiger partial charge < -0.3 is 30.4 Å². The van der Waals surface area contributed by atoms with Crippen molar-refractivity contribution in [1.82, 2.24) is 5.32 Å². The number of hydrogen-bond acceptors (Lipinski definition) is 6. The molecule has 3 fully saturated rings. The molecule has 0 bridgehead atoms. The van der Waals surface area contributed by atoms with Gasteiger partial charge in [0, 0.05) is 25.5 Å². The van der Waals surface area contributed by atoms with Crippen LogP contribution < -0.4 is 11.1 Å². The number of epoxide rings is 1. The average Bonchev–Trinajstić information content (AvgIpc) is 3.49. The minimum atomic E-state index is -0.636. The number of nitrogens with two attached hydrogens (primary N) is 1. The Bertz CT molecular complexity index is 728. The number of carbonyl (C=O) groups is 1. The zero-order valence-corrected chi connectivity index (χ0v) is 19.8. The maximum atomic E-state index is 12.0. The van der Waals surface area contributed by atoms with Crippen molar-refractivity contribution in [2.24, 2.45) is 11.7 Å². The maximum Gasteiger partial charge on any atom is 0.244 e. The standard InChI is InChI=1S/C25H40N2O5/c1-16(5-8-20-12-25(15-30-25)13-21(14-26)32-20)6-9-23-17(2)11-22(19(4)31-23)27-24(29)10-7-18(3)28/h5-8,10,17-23,28H,9,11-15,26H2,1-4H3,(H,27,29)/b8-5+,10-7-,16-6+/t17-,18-,19+,20+,21-,22+,23-,25+/m0/s1. The second kappa shape index (κ2) is 11.1. The van der Waals surface area contributed by atoms with Gasteiger partial charge in [0.2, 0.25) is 5.91 Å². The summed E-state index contributed by atoms with van der Waals surface area (Å²) in [4.78, 5) is 12.0. The van der Waals surface area contributed by atoms with Crippen molar-refractivity contribution in [3.8, 4) is 0 Å². The van der Waals surface area contributed by atoms with Crippen LogP contribution in [0.4, 0.5) is 0 Å². The molecule has 1 spiro atoms. The summed E-state index contributed by atoms with van der Waals surface area (Å²) < 4.78 is 18.0. The van der Waals surface area contributed by atoms with E-state index in [0.29, 0.717) is 12.5 Å². The van der Waals surface area contributed by atoms with Gasteiger partial charge in [-0.1, -0.05) is 36.8 Å². The largest absolute Gasteiger partial charge is 0.389 e. The third kappa shape index (κ3) is 7.25. The molecule has 0 saturated carbocycles. The van der Waals surface area contributed by atoms with Crippen LogP contribution in [0.15, 0.2) is 36.0 Å². The van der Waals surface area contributed by atoms with Gasteiger partial charge in [0.25, 0.3) is 0 Å². The Morgan fingerprint density at radius 2 is 2.03 bits per heavy atom. The van der Waals surface area contributed by atoms with Crippen molar-refractivity contribution in [2.45, 2.75) is 95.5 Å². The number of ether oxygens (including phenoxy) is 3. The van der Waals surface area contributed by atoms with Crippen LogP contribution in [0.3, 0.4) is 0 Å². The normalized spacial score (nSPS) is 39.0. The van der Waals surface area contributed by atoms with Crippen molar-refractivity contribution >= 4 is 5.91 Å². The monoisotopic (exact) mass is 448 g/mol. The van der Waals surface area contributed by atoms with Gasteiger partial charge in [0.05, 0.1) is 48.8 Å². The van der Waals surface area contributed by atoms with E-state index >= 15 is 0 Å². The van der Waals surface area contributed by atoms with Crippen LogP contribution in [0.25, 0.3) is 0 Å². The van der Waals surface area contributed by atoms with E-state index in [2.05, 4.69) is 37.4 Å². The summed E-state index contributed by atoms with van der Waals surface area (Å²) in [5, 5.41) is 12.3. The lowest BCUT2D eigenvalue weighted by Crippen LogP contribution is -2.50. The first kappa shape index (κ1) is 25.1. The van der Waals surface area contributed by atoms with Crippen LogP contribution in [-0.4, -0.2) is 66.3 Å². The summed E-state index contributed by atoms with van der Waals surface area (Å²) in [7, 11) is 0. The van der Waals surface area contributed by atoms with Gasteiger partial charge in [-0.2, -0.15) is 0 Å². The fraction of sp³-hybridized carbons (Fsp3) is 0.720. The highest BCUT2D eigenvalue weighted by atomic mass is 16.6. The summed E-state index contributed by atoms with van der Waals surface area (Å²) in [6.07, 6.45) is 12.3. The Labute approximate surface area is 192 Å². The van der Waals surface area contributed by atoms with E-state index in [1.54, 1.807) is 6.92 Å². The number of hydrogen-bond donors (Lipinski definition) is 3. The molecule has 3 aliphatic rings. The van der Waals surface area contributed by atoms with Gasteiger partial charge in [0.1, 0.15) is 0 Å². The molecule has 1 amide bonds. The Morgan fingerprint density at radius 1 is 1.28 bits per heavy atom. The molecule has 7 nitrogen and oxygen atoms in total. The number of nitrogens with one attached hydrogen (secondary N) is 1. The quantitative estimate of drug-likeness (QED) is 0.299. The first-order valence-corrected chi connectivity index (χ1v) is 11.9. The summed E-state index contributed by atoms with van der Waals surface area (Å²) in [5.41, 5.74) is 6.99. The van der Waals surface area contributed by atoms with Crippen LogP contribution in [0.2, 0.25) is 0 Å². The average molecular weight is 449 g/mol. The van der Waals surface area contributed by atoms with Crippen molar-refractivity contribution in [3.63, 3.8) is 0 Å². The topological polar surface area (TPSA) is 106 Å². The fourth-order valence-corrected chi connectivity index (χ4v) is 4.60. The zero-order valence-electron chi connectivity index (χ0n) is 19.8. The molecule has 3 heterocycles. The molecular weight excluding hydrogens is 408 g/mol. The molecule has 180 valence electrons. The van der Waals surface area contributed by atoms with Crippen molar-refractivity contribution in [2.75, 3.05) is 13.2 Å². The number of allylic oxidation sites excluding steroid dienone is 2. The molecule has 0 unspecified atom stereocenters. The number of aliphatic hydroxyl groups is 1. The highest BCUT2D eigenvalue weighted by Gasteiger charge is 2.50. The van der Waals surface area contributed by atoms with E-state index in [-0.39, 0.29) is 42.0 Å². The van der Waals surface area contributed by atoms with E-state index in [1.165, 1.54) is 17.7 Å².